The smallest absolute Gasteiger partial charge is 0.222 e. The third-order valence-corrected chi connectivity index (χ3v) is 3.08. The van der Waals surface area contributed by atoms with Crippen LogP contribution in [0.15, 0.2) is 24.5 Å². The Kier molecular flexibility index (Phi) is 3.94. The van der Waals surface area contributed by atoms with Gasteiger partial charge in [0.15, 0.2) is 6.29 Å². The van der Waals surface area contributed by atoms with Crippen LogP contribution in [0.3, 0.4) is 0 Å². The summed E-state index contributed by atoms with van der Waals surface area (Å²) in [5.74, 6) is 0.111. The van der Waals surface area contributed by atoms with E-state index in [1.807, 2.05) is 16.7 Å². The van der Waals surface area contributed by atoms with E-state index in [-0.39, 0.29) is 5.91 Å². The van der Waals surface area contributed by atoms with Crippen molar-refractivity contribution in [3.05, 3.63) is 30.1 Å². The minimum atomic E-state index is 0.111. The first kappa shape index (κ1) is 13.3. The molecule has 2 rings (SSSR count). The van der Waals surface area contributed by atoms with Crippen molar-refractivity contribution < 1.29 is 9.59 Å². The number of rotatable bonds is 5. The van der Waals surface area contributed by atoms with Crippen molar-refractivity contribution in [3.8, 4) is 0 Å². The highest BCUT2D eigenvalue weighted by atomic mass is 16.2. The Morgan fingerprint density at radius 1 is 1.47 bits per heavy atom. The molecule has 1 amide bonds. The number of carbonyl (C=O) groups is 2. The number of aryl methyl sites for hydroxylation is 1. The van der Waals surface area contributed by atoms with Gasteiger partial charge in [-0.2, -0.15) is 0 Å². The summed E-state index contributed by atoms with van der Waals surface area (Å²) in [4.78, 5) is 28.4. The van der Waals surface area contributed by atoms with E-state index in [9.17, 15) is 9.59 Å². The van der Waals surface area contributed by atoms with E-state index in [2.05, 4.69) is 4.98 Å². The number of aldehydes is 1. The number of aromatic nitrogens is 2. The largest absolute Gasteiger partial charge is 0.349 e. The molecule has 0 aliphatic rings. The quantitative estimate of drug-likeness (QED) is 0.768. The molecule has 100 valence electrons. The predicted molar refractivity (Wildman–Crippen MR) is 73.0 cm³/mol. The molecule has 2 aromatic rings. The molecule has 5 nitrogen and oxygen atoms in total. The van der Waals surface area contributed by atoms with Gasteiger partial charge >= 0.3 is 0 Å². The molecule has 0 bridgehead atoms. The lowest BCUT2D eigenvalue weighted by atomic mass is 10.2. The third kappa shape index (κ3) is 2.81. The summed E-state index contributed by atoms with van der Waals surface area (Å²) in [6, 6.07) is 3.70. The molecule has 5 heteroatoms. The highest BCUT2D eigenvalue weighted by Crippen LogP contribution is 2.18. The molecule has 0 aromatic carbocycles. The van der Waals surface area contributed by atoms with Gasteiger partial charge in [-0.25, -0.2) is 4.98 Å². The van der Waals surface area contributed by atoms with E-state index in [0.29, 0.717) is 18.5 Å². The van der Waals surface area contributed by atoms with Gasteiger partial charge < -0.3 is 9.47 Å². The first-order chi connectivity index (χ1) is 9.13. The first-order valence-electron chi connectivity index (χ1n) is 6.22. The number of nitrogens with zero attached hydrogens (tertiary/aromatic N) is 3. The minimum Gasteiger partial charge on any atom is -0.349 e. The van der Waals surface area contributed by atoms with Gasteiger partial charge in [0, 0.05) is 50.4 Å². The molecular formula is C14H17N3O2. The second-order valence-electron chi connectivity index (χ2n) is 4.66. The zero-order valence-corrected chi connectivity index (χ0v) is 11.2. The SMILES string of the molecule is CN(C)C(=O)CCCn1cc(C=O)c2cccnc21. The van der Waals surface area contributed by atoms with E-state index in [1.165, 1.54) is 0 Å². The highest BCUT2D eigenvalue weighted by molar-refractivity contribution is 5.95. The van der Waals surface area contributed by atoms with Crippen molar-refractivity contribution in [1.82, 2.24) is 14.5 Å². The summed E-state index contributed by atoms with van der Waals surface area (Å²) in [6.07, 6.45) is 5.57. The summed E-state index contributed by atoms with van der Waals surface area (Å²) in [6.45, 7) is 0.681. The van der Waals surface area contributed by atoms with Crippen molar-refractivity contribution in [2.45, 2.75) is 19.4 Å². The second kappa shape index (κ2) is 5.65. The Hall–Kier alpha value is -2.17. The first-order valence-corrected chi connectivity index (χ1v) is 6.22. The number of pyridine rings is 1. The molecule has 2 heterocycles. The molecule has 0 radical (unpaired) electrons. The lowest BCUT2D eigenvalue weighted by Gasteiger charge is -2.10. The van der Waals surface area contributed by atoms with Crippen LogP contribution in [0.25, 0.3) is 11.0 Å². The van der Waals surface area contributed by atoms with Gasteiger partial charge in [0.2, 0.25) is 5.91 Å². The van der Waals surface area contributed by atoms with Crippen LogP contribution in [-0.2, 0) is 11.3 Å². The average molecular weight is 259 g/mol. The van der Waals surface area contributed by atoms with Gasteiger partial charge in [-0.3, -0.25) is 9.59 Å². The summed E-state index contributed by atoms with van der Waals surface area (Å²) in [7, 11) is 3.50. The monoisotopic (exact) mass is 259 g/mol. The van der Waals surface area contributed by atoms with Crippen molar-refractivity contribution in [3.63, 3.8) is 0 Å². The zero-order chi connectivity index (χ0) is 13.8. The van der Waals surface area contributed by atoms with E-state index >= 15 is 0 Å². The zero-order valence-electron chi connectivity index (χ0n) is 11.2. The fourth-order valence-electron chi connectivity index (χ4n) is 2.04. The maximum absolute atomic E-state index is 11.5. The molecular weight excluding hydrogens is 242 g/mol. The number of carbonyl (C=O) groups excluding carboxylic acids is 2. The Labute approximate surface area is 111 Å². The molecule has 2 aromatic heterocycles. The molecule has 0 saturated heterocycles. The van der Waals surface area contributed by atoms with Gasteiger partial charge in [-0.1, -0.05) is 0 Å². The van der Waals surface area contributed by atoms with Crippen molar-refractivity contribution in [2.75, 3.05) is 14.1 Å². The third-order valence-electron chi connectivity index (χ3n) is 3.08. The number of amides is 1. The fourth-order valence-corrected chi connectivity index (χ4v) is 2.04. The van der Waals surface area contributed by atoms with E-state index in [1.54, 1.807) is 31.4 Å². The topological polar surface area (TPSA) is 55.2 Å². The Bertz CT molecular complexity index is 602. The van der Waals surface area contributed by atoms with Gasteiger partial charge in [0.1, 0.15) is 5.65 Å². The van der Waals surface area contributed by atoms with Crippen LogP contribution in [-0.4, -0.2) is 40.7 Å². The minimum absolute atomic E-state index is 0.111. The van der Waals surface area contributed by atoms with Gasteiger partial charge in [-0.15, -0.1) is 0 Å². The van der Waals surface area contributed by atoms with Crippen LogP contribution in [0.1, 0.15) is 23.2 Å². The van der Waals surface area contributed by atoms with Gasteiger partial charge in [0.25, 0.3) is 0 Å². The number of hydrogen-bond donors (Lipinski definition) is 0. The molecule has 0 spiro atoms. The van der Waals surface area contributed by atoms with Crippen LogP contribution in [0, 0.1) is 0 Å². The Morgan fingerprint density at radius 3 is 2.95 bits per heavy atom. The van der Waals surface area contributed by atoms with E-state index in [4.69, 9.17) is 0 Å². The molecule has 0 fully saturated rings. The fraction of sp³-hybridized carbons (Fsp3) is 0.357. The number of fused-ring (bicyclic) bond motifs is 1. The van der Waals surface area contributed by atoms with Crippen LogP contribution < -0.4 is 0 Å². The van der Waals surface area contributed by atoms with Crippen LogP contribution >= 0.6 is 0 Å². The average Bonchev–Trinajstić information content (AvgIpc) is 2.77. The molecule has 0 aliphatic heterocycles. The van der Waals surface area contributed by atoms with Crippen molar-refractivity contribution >= 4 is 23.2 Å². The molecule has 0 aliphatic carbocycles. The van der Waals surface area contributed by atoms with E-state index < -0.39 is 0 Å². The lowest BCUT2D eigenvalue weighted by molar-refractivity contribution is -0.128. The Morgan fingerprint density at radius 2 is 2.26 bits per heavy atom. The maximum atomic E-state index is 11.5. The van der Waals surface area contributed by atoms with Crippen LogP contribution in [0.2, 0.25) is 0 Å². The second-order valence-corrected chi connectivity index (χ2v) is 4.66. The molecule has 0 atom stereocenters. The molecule has 0 saturated carbocycles. The molecule has 0 N–H and O–H groups in total. The summed E-state index contributed by atoms with van der Waals surface area (Å²) >= 11 is 0. The van der Waals surface area contributed by atoms with Gasteiger partial charge in [-0.05, 0) is 18.6 Å². The van der Waals surface area contributed by atoms with Crippen molar-refractivity contribution in [2.24, 2.45) is 0 Å². The van der Waals surface area contributed by atoms with Crippen molar-refractivity contribution in [1.29, 1.82) is 0 Å². The highest BCUT2D eigenvalue weighted by Gasteiger charge is 2.09. The standard InChI is InChI=1S/C14H17N3O2/c1-16(2)13(19)6-4-8-17-9-11(10-18)12-5-3-7-15-14(12)17/h3,5,7,9-10H,4,6,8H2,1-2H3. The maximum Gasteiger partial charge on any atom is 0.222 e. The van der Waals surface area contributed by atoms with E-state index in [0.717, 1.165) is 23.7 Å². The molecule has 0 unspecified atom stereocenters. The molecule has 19 heavy (non-hydrogen) atoms. The normalized spacial score (nSPS) is 10.6. The Balaban J connectivity index is 2.13. The summed E-state index contributed by atoms with van der Waals surface area (Å²) in [5.41, 5.74) is 1.43. The van der Waals surface area contributed by atoms with Crippen LogP contribution in [0.5, 0.6) is 0 Å². The number of hydrogen-bond acceptors (Lipinski definition) is 3. The summed E-state index contributed by atoms with van der Waals surface area (Å²) < 4.78 is 1.93. The van der Waals surface area contributed by atoms with Crippen LogP contribution in [0.4, 0.5) is 0 Å². The predicted octanol–water partition coefficient (Wildman–Crippen LogP) is 1.72. The lowest BCUT2D eigenvalue weighted by Crippen LogP contribution is -2.21. The van der Waals surface area contributed by atoms with Gasteiger partial charge in [0.05, 0.1) is 0 Å². The summed E-state index contributed by atoms with van der Waals surface area (Å²) in [5, 5.41) is 0.858.